The van der Waals surface area contributed by atoms with Gasteiger partial charge in [0.05, 0.1) is 0 Å². The van der Waals surface area contributed by atoms with Gasteiger partial charge in [-0.15, -0.1) is 0 Å². The van der Waals surface area contributed by atoms with Crippen molar-refractivity contribution in [1.29, 1.82) is 0 Å². The van der Waals surface area contributed by atoms with Crippen molar-refractivity contribution in [1.82, 2.24) is 15.6 Å². The molecule has 2 atom stereocenters. The lowest BCUT2D eigenvalue weighted by Gasteiger charge is -2.19. The zero-order valence-corrected chi connectivity index (χ0v) is 16.0. The van der Waals surface area contributed by atoms with Gasteiger partial charge in [0, 0.05) is 41.9 Å². The zero-order valence-electron chi connectivity index (χ0n) is 16.0. The molecule has 2 amide bonds. The van der Waals surface area contributed by atoms with E-state index in [9.17, 15) is 19.5 Å². The van der Waals surface area contributed by atoms with Gasteiger partial charge >= 0.3 is 5.97 Å². The van der Waals surface area contributed by atoms with Gasteiger partial charge in [-0.1, -0.05) is 31.0 Å². The Morgan fingerprint density at radius 1 is 1.18 bits per heavy atom. The number of rotatable bonds is 8. The number of H-pyrrole nitrogens is 1. The number of carbonyl (C=O) groups excluding carboxylic acids is 2. The van der Waals surface area contributed by atoms with E-state index in [1.807, 2.05) is 24.3 Å². The molecule has 1 aliphatic rings. The molecule has 7 nitrogen and oxygen atoms in total. The summed E-state index contributed by atoms with van der Waals surface area (Å²) in [5.41, 5.74) is 1.77. The minimum atomic E-state index is -1.08. The van der Waals surface area contributed by atoms with Crippen LogP contribution in [-0.2, 0) is 20.8 Å². The largest absolute Gasteiger partial charge is 0.480 e. The van der Waals surface area contributed by atoms with Crippen LogP contribution in [0.2, 0.25) is 0 Å². The van der Waals surface area contributed by atoms with E-state index in [-0.39, 0.29) is 36.6 Å². The second-order valence-electron chi connectivity index (χ2n) is 7.62. The Kier molecular flexibility index (Phi) is 6.34. The number of para-hydroxylation sites is 1. The second kappa shape index (κ2) is 8.91. The maximum absolute atomic E-state index is 12.3. The molecule has 150 valence electrons. The van der Waals surface area contributed by atoms with Crippen molar-refractivity contribution >= 4 is 28.7 Å². The monoisotopic (exact) mass is 385 g/mol. The molecule has 0 bridgehead atoms. The van der Waals surface area contributed by atoms with Crippen LogP contribution in [0.3, 0.4) is 0 Å². The van der Waals surface area contributed by atoms with E-state index in [0.29, 0.717) is 0 Å². The normalized spacial score (nSPS) is 16.6. The average molecular weight is 385 g/mol. The third-order valence-electron chi connectivity index (χ3n) is 5.34. The Labute approximate surface area is 163 Å². The first-order valence-electron chi connectivity index (χ1n) is 9.81. The number of carbonyl (C=O) groups is 3. The van der Waals surface area contributed by atoms with Crippen molar-refractivity contribution in [3.05, 3.63) is 36.0 Å². The van der Waals surface area contributed by atoms with Gasteiger partial charge in [-0.2, -0.15) is 0 Å². The van der Waals surface area contributed by atoms with E-state index in [1.165, 1.54) is 0 Å². The lowest BCUT2D eigenvalue weighted by Crippen LogP contribution is -2.45. The highest BCUT2D eigenvalue weighted by molar-refractivity contribution is 5.87. The van der Waals surface area contributed by atoms with E-state index < -0.39 is 12.0 Å². The number of hydrogen-bond donors (Lipinski definition) is 4. The number of aromatic nitrogens is 1. The number of aliphatic carboxylic acids is 1. The molecule has 1 aliphatic carbocycles. The van der Waals surface area contributed by atoms with Gasteiger partial charge in [-0.05, 0) is 31.4 Å². The van der Waals surface area contributed by atoms with Crippen LogP contribution in [0.25, 0.3) is 10.9 Å². The summed E-state index contributed by atoms with van der Waals surface area (Å²) in [6.07, 6.45) is 5.95. The van der Waals surface area contributed by atoms with E-state index in [1.54, 1.807) is 13.1 Å². The summed E-state index contributed by atoms with van der Waals surface area (Å²) < 4.78 is 0. The molecule has 0 aliphatic heterocycles. The third-order valence-corrected chi connectivity index (χ3v) is 5.34. The van der Waals surface area contributed by atoms with E-state index >= 15 is 0 Å². The van der Waals surface area contributed by atoms with Gasteiger partial charge in [-0.3, -0.25) is 9.59 Å². The Morgan fingerprint density at radius 3 is 2.61 bits per heavy atom. The highest BCUT2D eigenvalue weighted by atomic mass is 16.4. The van der Waals surface area contributed by atoms with Crippen molar-refractivity contribution in [2.24, 2.45) is 5.92 Å². The number of fused-ring (bicyclic) bond motifs is 1. The molecule has 4 N–H and O–H groups in total. The first-order chi connectivity index (χ1) is 13.4. The molecule has 1 aromatic heterocycles. The number of benzene rings is 1. The van der Waals surface area contributed by atoms with Crippen molar-refractivity contribution in [3.63, 3.8) is 0 Å². The Balaban J connectivity index is 1.55. The van der Waals surface area contributed by atoms with Gasteiger partial charge in [0.15, 0.2) is 0 Å². The summed E-state index contributed by atoms with van der Waals surface area (Å²) in [4.78, 5) is 39.2. The molecule has 7 heteroatoms. The number of nitrogens with one attached hydrogen (secondary N) is 3. The summed E-state index contributed by atoms with van der Waals surface area (Å²) in [7, 11) is 0. The molecule has 1 aromatic carbocycles. The van der Waals surface area contributed by atoms with Crippen LogP contribution in [0.1, 0.15) is 44.6 Å². The highest BCUT2D eigenvalue weighted by Crippen LogP contribution is 2.24. The Bertz CT molecular complexity index is 854. The topological polar surface area (TPSA) is 111 Å². The number of carboxylic acids is 1. The molecule has 0 spiro atoms. The van der Waals surface area contributed by atoms with Crippen LogP contribution in [0, 0.1) is 5.92 Å². The minimum absolute atomic E-state index is 0.00798. The molecule has 3 rings (SSSR count). The van der Waals surface area contributed by atoms with Gasteiger partial charge in [0.1, 0.15) is 6.04 Å². The first kappa shape index (κ1) is 19.9. The first-order valence-corrected chi connectivity index (χ1v) is 9.81. The number of hydrogen-bond acceptors (Lipinski definition) is 3. The molecule has 0 unspecified atom stereocenters. The van der Waals surface area contributed by atoms with Crippen molar-refractivity contribution in [3.8, 4) is 0 Å². The van der Waals surface area contributed by atoms with Crippen LogP contribution >= 0.6 is 0 Å². The predicted octanol–water partition coefficient (Wildman–Crippen LogP) is 2.36. The smallest absolute Gasteiger partial charge is 0.326 e. The van der Waals surface area contributed by atoms with E-state index in [2.05, 4.69) is 15.6 Å². The Morgan fingerprint density at radius 2 is 1.89 bits per heavy atom. The molecule has 2 aromatic rings. The molecule has 1 fully saturated rings. The predicted molar refractivity (Wildman–Crippen MR) is 106 cm³/mol. The molecular weight excluding hydrogens is 358 g/mol. The fourth-order valence-corrected chi connectivity index (χ4v) is 3.85. The molecule has 28 heavy (non-hydrogen) atoms. The Hall–Kier alpha value is -2.83. The highest BCUT2D eigenvalue weighted by Gasteiger charge is 2.26. The summed E-state index contributed by atoms with van der Waals surface area (Å²) in [5.74, 6) is -1.43. The SMILES string of the molecule is C[C@@H](CC(=O)N[C@H](Cc1c[nH]c2ccccc12)C(=O)O)NC(=O)C1CCCC1. The average Bonchev–Trinajstić information content (AvgIpc) is 3.31. The van der Waals surface area contributed by atoms with Crippen LogP contribution < -0.4 is 10.6 Å². The van der Waals surface area contributed by atoms with Gasteiger partial charge in [-0.25, -0.2) is 4.79 Å². The molecule has 0 saturated heterocycles. The van der Waals surface area contributed by atoms with Crippen LogP contribution in [0.4, 0.5) is 0 Å². The minimum Gasteiger partial charge on any atom is -0.480 e. The second-order valence-corrected chi connectivity index (χ2v) is 7.62. The fraction of sp³-hybridized carbons (Fsp3) is 0.476. The van der Waals surface area contributed by atoms with Crippen LogP contribution in [0.15, 0.2) is 30.5 Å². The summed E-state index contributed by atoms with van der Waals surface area (Å²) >= 11 is 0. The number of carboxylic acid groups (broad SMARTS) is 1. The molecule has 0 radical (unpaired) electrons. The zero-order chi connectivity index (χ0) is 20.1. The lowest BCUT2D eigenvalue weighted by atomic mass is 10.0. The number of amides is 2. The van der Waals surface area contributed by atoms with E-state index in [0.717, 1.165) is 42.1 Å². The lowest BCUT2D eigenvalue weighted by molar-refractivity contribution is -0.142. The standard InChI is InChI=1S/C21H27N3O4/c1-13(23-20(26)14-6-2-3-7-14)10-19(25)24-18(21(27)28)11-15-12-22-17-9-5-4-8-16(15)17/h4-5,8-9,12-14,18,22H,2-3,6-7,10-11H2,1H3,(H,23,26)(H,24,25)(H,27,28)/t13-,18+/m0/s1. The maximum atomic E-state index is 12.3. The van der Waals surface area contributed by atoms with Gasteiger partial charge in [0.25, 0.3) is 0 Å². The van der Waals surface area contributed by atoms with E-state index in [4.69, 9.17) is 0 Å². The fourth-order valence-electron chi connectivity index (χ4n) is 3.85. The third kappa shape index (κ3) is 4.91. The van der Waals surface area contributed by atoms with Gasteiger partial charge in [0.2, 0.25) is 11.8 Å². The van der Waals surface area contributed by atoms with Crippen molar-refractivity contribution < 1.29 is 19.5 Å². The van der Waals surface area contributed by atoms with Crippen LogP contribution in [0.5, 0.6) is 0 Å². The summed E-state index contributed by atoms with van der Waals surface area (Å²) in [6.45, 7) is 1.77. The molecule has 1 saturated carbocycles. The summed E-state index contributed by atoms with van der Waals surface area (Å²) in [6, 6.07) is 6.27. The molecule has 1 heterocycles. The molecular formula is C21H27N3O4. The van der Waals surface area contributed by atoms with Crippen molar-refractivity contribution in [2.75, 3.05) is 0 Å². The van der Waals surface area contributed by atoms with Crippen molar-refractivity contribution in [2.45, 2.75) is 57.5 Å². The summed E-state index contributed by atoms with van der Waals surface area (Å²) in [5, 5.41) is 15.9. The van der Waals surface area contributed by atoms with Crippen LogP contribution in [-0.4, -0.2) is 40.0 Å². The maximum Gasteiger partial charge on any atom is 0.326 e. The number of aromatic amines is 1. The quantitative estimate of drug-likeness (QED) is 0.559. The van der Waals surface area contributed by atoms with Gasteiger partial charge < -0.3 is 20.7 Å².